The Kier molecular flexibility index (Phi) is 3.88. The van der Waals surface area contributed by atoms with E-state index in [0.717, 1.165) is 30.7 Å². The normalized spacial score (nSPS) is 23.3. The molecule has 1 fully saturated rings. The minimum atomic E-state index is -0.172. The first-order valence-corrected chi connectivity index (χ1v) is 7.51. The highest BCUT2D eigenvalue weighted by Gasteiger charge is 2.32. The molecule has 0 radical (unpaired) electrons. The maximum Gasteiger partial charge on any atom is 0.224 e. The van der Waals surface area contributed by atoms with E-state index >= 15 is 0 Å². The highest BCUT2D eigenvalue weighted by molar-refractivity contribution is 5.79. The largest absolute Gasteiger partial charge is 0.346 e. The Balaban J connectivity index is 1.74. The van der Waals surface area contributed by atoms with E-state index in [0.29, 0.717) is 12.5 Å². The van der Waals surface area contributed by atoms with Crippen LogP contribution in [0.1, 0.15) is 38.1 Å². The summed E-state index contributed by atoms with van der Waals surface area (Å²) in [5.74, 6) is 1.19. The summed E-state index contributed by atoms with van der Waals surface area (Å²) < 4.78 is 1.90. The van der Waals surface area contributed by atoms with Gasteiger partial charge in [0.05, 0.1) is 6.04 Å². The number of nitrogens with one attached hydrogen (secondary N) is 1. The van der Waals surface area contributed by atoms with Crippen LogP contribution in [0.15, 0.2) is 24.4 Å². The highest BCUT2D eigenvalue weighted by atomic mass is 16.2. The Hall–Kier alpha value is -1.95. The van der Waals surface area contributed by atoms with Crippen molar-refractivity contribution < 1.29 is 4.79 Å². The second-order valence-corrected chi connectivity index (χ2v) is 5.75. The number of hydrogen-bond donors (Lipinski definition) is 2. The number of nitrogens with zero attached hydrogens (tertiary/aromatic N) is 3. The SMILES string of the molecule is CC(NC(=O)C1CCCC1CN)c1nnc2ccccn12. The third-order valence-electron chi connectivity index (χ3n) is 4.38. The number of rotatable bonds is 4. The van der Waals surface area contributed by atoms with Crippen molar-refractivity contribution in [1.29, 1.82) is 0 Å². The van der Waals surface area contributed by atoms with E-state index in [1.165, 1.54) is 0 Å². The molecule has 0 aromatic carbocycles. The molecule has 112 valence electrons. The van der Waals surface area contributed by atoms with Gasteiger partial charge in [-0.05, 0) is 44.4 Å². The van der Waals surface area contributed by atoms with E-state index in [4.69, 9.17) is 5.73 Å². The molecule has 0 aliphatic heterocycles. The zero-order valence-corrected chi connectivity index (χ0v) is 12.2. The number of fused-ring (bicyclic) bond motifs is 1. The fourth-order valence-electron chi connectivity index (χ4n) is 3.20. The Morgan fingerprint density at radius 3 is 3.14 bits per heavy atom. The molecule has 1 aliphatic carbocycles. The van der Waals surface area contributed by atoms with Gasteiger partial charge in [-0.2, -0.15) is 0 Å². The highest BCUT2D eigenvalue weighted by Crippen LogP contribution is 2.31. The molecule has 0 saturated heterocycles. The van der Waals surface area contributed by atoms with Crippen LogP contribution in [0.4, 0.5) is 0 Å². The smallest absolute Gasteiger partial charge is 0.224 e. The first-order valence-electron chi connectivity index (χ1n) is 7.51. The predicted octanol–water partition coefficient (Wildman–Crippen LogP) is 1.28. The fourth-order valence-corrected chi connectivity index (χ4v) is 3.20. The van der Waals surface area contributed by atoms with Gasteiger partial charge < -0.3 is 11.1 Å². The molecule has 0 bridgehead atoms. The topological polar surface area (TPSA) is 85.3 Å². The molecule has 6 heteroatoms. The molecule has 3 unspecified atom stereocenters. The van der Waals surface area contributed by atoms with Crippen molar-refractivity contribution in [2.75, 3.05) is 6.54 Å². The molecule has 2 aromatic rings. The van der Waals surface area contributed by atoms with Gasteiger partial charge in [0, 0.05) is 12.1 Å². The van der Waals surface area contributed by atoms with Crippen LogP contribution in [0.5, 0.6) is 0 Å². The lowest BCUT2D eigenvalue weighted by atomic mass is 9.95. The van der Waals surface area contributed by atoms with Crippen LogP contribution in [0.2, 0.25) is 0 Å². The number of pyridine rings is 1. The molecule has 21 heavy (non-hydrogen) atoms. The third-order valence-corrected chi connectivity index (χ3v) is 4.38. The lowest BCUT2D eigenvalue weighted by Crippen LogP contribution is -2.37. The summed E-state index contributed by atoms with van der Waals surface area (Å²) in [6.45, 7) is 2.52. The molecule has 1 saturated carbocycles. The van der Waals surface area contributed by atoms with Crippen molar-refractivity contribution in [1.82, 2.24) is 19.9 Å². The summed E-state index contributed by atoms with van der Waals surface area (Å²) in [5, 5.41) is 11.4. The molecule has 2 heterocycles. The first-order chi connectivity index (χ1) is 10.2. The quantitative estimate of drug-likeness (QED) is 0.887. The Labute approximate surface area is 123 Å². The zero-order valence-electron chi connectivity index (χ0n) is 12.2. The van der Waals surface area contributed by atoms with Crippen LogP contribution in [0.25, 0.3) is 5.65 Å². The van der Waals surface area contributed by atoms with Crippen LogP contribution in [-0.4, -0.2) is 27.0 Å². The maximum atomic E-state index is 12.4. The summed E-state index contributed by atoms with van der Waals surface area (Å²) >= 11 is 0. The lowest BCUT2D eigenvalue weighted by Gasteiger charge is -2.20. The Morgan fingerprint density at radius 1 is 1.48 bits per heavy atom. The lowest BCUT2D eigenvalue weighted by molar-refractivity contribution is -0.126. The number of carbonyl (C=O) groups excluding carboxylic acids is 1. The van der Waals surface area contributed by atoms with Gasteiger partial charge in [-0.1, -0.05) is 12.5 Å². The second kappa shape index (κ2) is 5.81. The van der Waals surface area contributed by atoms with Crippen molar-refractivity contribution >= 4 is 11.6 Å². The predicted molar refractivity (Wildman–Crippen MR) is 79.4 cm³/mol. The molecule has 3 N–H and O–H groups in total. The Bertz CT molecular complexity index is 638. The van der Waals surface area contributed by atoms with Crippen molar-refractivity contribution in [3.05, 3.63) is 30.2 Å². The molecular formula is C15H21N5O. The molecule has 1 aliphatic rings. The first kappa shape index (κ1) is 14.0. The van der Waals surface area contributed by atoms with E-state index in [-0.39, 0.29) is 17.9 Å². The van der Waals surface area contributed by atoms with Gasteiger partial charge in [-0.3, -0.25) is 9.20 Å². The maximum absolute atomic E-state index is 12.4. The van der Waals surface area contributed by atoms with Gasteiger partial charge in [-0.25, -0.2) is 0 Å². The van der Waals surface area contributed by atoms with Gasteiger partial charge in [0.1, 0.15) is 0 Å². The average molecular weight is 287 g/mol. The van der Waals surface area contributed by atoms with E-state index < -0.39 is 0 Å². The molecule has 2 aromatic heterocycles. The average Bonchev–Trinajstić information content (AvgIpc) is 3.13. The van der Waals surface area contributed by atoms with E-state index in [1.54, 1.807) is 0 Å². The van der Waals surface area contributed by atoms with Gasteiger partial charge in [-0.15, -0.1) is 10.2 Å². The molecule has 3 atom stereocenters. The number of aromatic nitrogens is 3. The van der Waals surface area contributed by atoms with Gasteiger partial charge in [0.25, 0.3) is 0 Å². The van der Waals surface area contributed by atoms with Crippen LogP contribution in [0, 0.1) is 11.8 Å². The summed E-state index contributed by atoms with van der Waals surface area (Å²) in [6, 6.07) is 5.57. The summed E-state index contributed by atoms with van der Waals surface area (Å²) in [7, 11) is 0. The van der Waals surface area contributed by atoms with E-state index in [2.05, 4.69) is 15.5 Å². The number of amides is 1. The van der Waals surface area contributed by atoms with E-state index in [9.17, 15) is 4.79 Å². The molecule has 6 nitrogen and oxygen atoms in total. The van der Waals surface area contributed by atoms with Crippen molar-refractivity contribution in [2.45, 2.75) is 32.2 Å². The minimum Gasteiger partial charge on any atom is -0.346 e. The third kappa shape index (κ3) is 2.63. The van der Waals surface area contributed by atoms with Gasteiger partial charge in [0.15, 0.2) is 11.5 Å². The number of carbonyl (C=O) groups is 1. The Morgan fingerprint density at radius 2 is 2.33 bits per heavy atom. The zero-order chi connectivity index (χ0) is 14.8. The van der Waals surface area contributed by atoms with Crippen molar-refractivity contribution in [3.63, 3.8) is 0 Å². The van der Waals surface area contributed by atoms with Crippen molar-refractivity contribution in [3.8, 4) is 0 Å². The monoisotopic (exact) mass is 287 g/mol. The van der Waals surface area contributed by atoms with Crippen LogP contribution in [0.3, 0.4) is 0 Å². The summed E-state index contributed by atoms with van der Waals surface area (Å²) in [5.41, 5.74) is 6.54. The molecule has 3 rings (SSSR count). The number of nitrogens with two attached hydrogens (primary N) is 1. The van der Waals surface area contributed by atoms with Gasteiger partial charge in [0.2, 0.25) is 5.91 Å². The number of hydrogen-bond acceptors (Lipinski definition) is 4. The molecular weight excluding hydrogens is 266 g/mol. The van der Waals surface area contributed by atoms with Crippen LogP contribution < -0.4 is 11.1 Å². The summed E-state index contributed by atoms with van der Waals surface area (Å²) in [6.07, 6.45) is 4.98. The van der Waals surface area contributed by atoms with Crippen LogP contribution >= 0.6 is 0 Å². The molecule has 1 amide bonds. The second-order valence-electron chi connectivity index (χ2n) is 5.75. The summed E-state index contributed by atoms with van der Waals surface area (Å²) in [4.78, 5) is 12.4. The minimum absolute atomic E-state index is 0.0386. The van der Waals surface area contributed by atoms with E-state index in [1.807, 2.05) is 35.7 Å². The van der Waals surface area contributed by atoms with Crippen LogP contribution in [-0.2, 0) is 4.79 Å². The standard InChI is InChI=1S/C15H21N5O/c1-10(14-19-18-13-7-2-3-8-20(13)14)17-15(21)12-6-4-5-11(12)9-16/h2-3,7-8,10-12H,4-6,9,16H2,1H3,(H,17,21). The van der Waals surface area contributed by atoms with Crippen molar-refractivity contribution in [2.24, 2.45) is 17.6 Å². The van der Waals surface area contributed by atoms with Gasteiger partial charge >= 0.3 is 0 Å². The molecule has 0 spiro atoms. The fraction of sp³-hybridized carbons (Fsp3) is 0.533.